The molecule has 1 atom stereocenters. The highest BCUT2D eigenvalue weighted by Gasteiger charge is 2.09. The van der Waals surface area contributed by atoms with Gasteiger partial charge in [0, 0.05) is 12.6 Å². The molecule has 84 valence electrons. The van der Waals surface area contributed by atoms with Crippen molar-refractivity contribution in [2.45, 2.75) is 46.7 Å². The third kappa shape index (κ3) is 4.05. The first kappa shape index (κ1) is 12.3. The lowest BCUT2D eigenvalue weighted by Gasteiger charge is -2.20. The highest BCUT2D eigenvalue weighted by molar-refractivity contribution is 5.22. The van der Waals surface area contributed by atoms with Crippen LogP contribution < -0.4 is 5.32 Å². The Kier molecular flexibility index (Phi) is 4.83. The van der Waals surface area contributed by atoms with Crippen LogP contribution in [0, 0.1) is 12.8 Å². The van der Waals surface area contributed by atoms with Gasteiger partial charge < -0.3 is 5.32 Å². The highest BCUT2D eigenvalue weighted by atomic mass is 14.9. The molecule has 1 nitrogen and oxygen atoms in total. The maximum absolute atomic E-state index is 3.61. The fraction of sp³-hybridized carbons (Fsp3) is 0.571. The summed E-state index contributed by atoms with van der Waals surface area (Å²) < 4.78 is 0. The molecule has 0 fully saturated rings. The minimum atomic E-state index is 0.630. The van der Waals surface area contributed by atoms with Gasteiger partial charge in [0.25, 0.3) is 0 Å². The predicted molar refractivity (Wildman–Crippen MR) is 66.9 cm³/mol. The molecular weight excluding hydrogens is 182 g/mol. The Morgan fingerprint density at radius 2 is 2.00 bits per heavy atom. The van der Waals surface area contributed by atoms with Crippen molar-refractivity contribution in [1.82, 2.24) is 5.32 Å². The second-order valence-electron chi connectivity index (χ2n) is 4.63. The summed E-state index contributed by atoms with van der Waals surface area (Å²) in [7, 11) is 0. The summed E-state index contributed by atoms with van der Waals surface area (Å²) in [4.78, 5) is 0. The van der Waals surface area contributed by atoms with Gasteiger partial charge in [0.1, 0.15) is 0 Å². The number of hydrogen-bond acceptors (Lipinski definition) is 1. The Hall–Kier alpha value is -0.820. The zero-order chi connectivity index (χ0) is 11.3. The van der Waals surface area contributed by atoms with E-state index in [4.69, 9.17) is 0 Å². The molecule has 1 aromatic rings. The van der Waals surface area contributed by atoms with Crippen molar-refractivity contribution in [3.8, 4) is 0 Å². The Balaban J connectivity index is 2.49. The lowest BCUT2D eigenvalue weighted by Crippen LogP contribution is -2.32. The first-order valence-electron chi connectivity index (χ1n) is 5.92. The van der Waals surface area contributed by atoms with E-state index in [1.807, 2.05) is 0 Å². The van der Waals surface area contributed by atoms with Gasteiger partial charge in [-0.1, -0.05) is 50.6 Å². The molecule has 1 N–H and O–H groups in total. The first-order chi connectivity index (χ1) is 7.13. The van der Waals surface area contributed by atoms with Gasteiger partial charge >= 0.3 is 0 Å². The minimum Gasteiger partial charge on any atom is -0.310 e. The van der Waals surface area contributed by atoms with Crippen LogP contribution in [0.4, 0.5) is 0 Å². The smallest absolute Gasteiger partial charge is 0.0208 e. The van der Waals surface area contributed by atoms with Gasteiger partial charge in [0.15, 0.2) is 0 Å². The second kappa shape index (κ2) is 5.92. The average Bonchev–Trinajstić information content (AvgIpc) is 2.18. The molecular formula is C14H23N. The largest absolute Gasteiger partial charge is 0.310 e. The molecule has 0 aromatic heterocycles. The van der Waals surface area contributed by atoms with Crippen molar-refractivity contribution in [2.75, 3.05) is 0 Å². The molecule has 0 radical (unpaired) electrons. The number of aryl methyl sites for hydroxylation is 1. The molecule has 1 aromatic carbocycles. The molecule has 1 rings (SSSR count). The van der Waals surface area contributed by atoms with Crippen LogP contribution in [0.2, 0.25) is 0 Å². The highest BCUT2D eigenvalue weighted by Crippen LogP contribution is 2.08. The SMILES string of the molecule is CC[C@H](NCc1cccc(C)c1)C(C)C. The lowest BCUT2D eigenvalue weighted by atomic mass is 10.0. The Morgan fingerprint density at radius 1 is 1.27 bits per heavy atom. The molecule has 15 heavy (non-hydrogen) atoms. The standard InChI is InChI=1S/C14H23N/c1-5-14(11(2)3)15-10-13-8-6-7-12(4)9-13/h6-9,11,14-15H,5,10H2,1-4H3/t14-/m0/s1. The van der Waals surface area contributed by atoms with Gasteiger partial charge in [0.05, 0.1) is 0 Å². The molecule has 0 saturated carbocycles. The number of rotatable bonds is 5. The molecule has 0 amide bonds. The van der Waals surface area contributed by atoms with E-state index in [-0.39, 0.29) is 0 Å². The van der Waals surface area contributed by atoms with Crippen molar-refractivity contribution in [3.05, 3.63) is 35.4 Å². The summed E-state index contributed by atoms with van der Waals surface area (Å²) in [6.45, 7) is 9.92. The van der Waals surface area contributed by atoms with E-state index in [1.54, 1.807) is 0 Å². The summed E-state index contributed by atoms with van der Waals surface area (Å²) in [5.74, 6) is 0.708. The van der Waals surface area contributed by atoms with Gasteiger partial charge in [-0.15, -0.1) is 0 Å². The van der Waals surface area contributed by atoms with Crippen LogP contribution >= 0.6 is 0 Å². The quantitative estimate of drug-likeness (QED) is 0.775. The minimum absolute atomic E-state index is 0.630. The maximum Gasteiger partial charge on any atom is 0.0208 e. The first-order valence-corrected chi connectivity index (χ1v) is 5.92. The Labute approximate surface area is 93.9 Å². The summed E-state index contributed by atoms with van der Waals surface area (Å²) in [5.41, 5.74) is 2.72. The van der Waals surface area contributed by atoms with Crippen molar-refractivity contribution in [3.63, 3.8) is 0 Å². The van der Waals surface area contributed by atoms with Gasteiger partial charge in [-0.3, -0.25) is 0 Å². The maximum atomic E-state index is 3.61. The number of benzene rings is 1. The average molecular weight is 205 g/mol. The van der Waals surface area contributed by atoms with Crippen molar-refractivity contribution < 1.29 is 0 Å². The summed E-state index contributed by atoms with van der Waals surface area (Å²) in [6.07, 6.45) is 1.20. The Morgan fingerprint density at radius 3 is 2.53 bits per heavy atom. The summed E-state index contributed by atoms with van der Waals surface area (Å²) in [5, 5.41) is 3.61. The van der Waals surface area contributed by atoms with Crippen LogP contribution in [0.3, 0.4) is 0 Å². The van der Waals surface area contributed by atoms with Crippen LogP contribution in [0.1, 0.15) is 38.3 Å². The summed E-state index contributed by atoms with van der Waals surface area (Å²) in [6, 6.07) is 9.34. The van der Waals surface area contributed by atoms with Crippen molar-refractivity contribution in [2.24, 2.45) is 5.92 Å². The van der Waals surface area contributed by atoms with Crippen molar-refractivity contribution in [1.29, 1.82) is 0 Å². The molecule has 0 aliphatic rings. The van der Waals surface area contributed by atoms with Crippen molar-refractivity contribution >= 4 is 0 Å². The van der Waals surface area contributed by atoms with E-state index < -0.39 is 0 Å². The fourth-order valence-corrected chi connectivity index (χ4v) is 1.92. The monoisotopic (exact) mass is 205 g/mol. The molecule has 0 saturated heterocycles. The predicted octanol–water partition coefficient (Wildman–Crippen LogP) is 3.52. The zero-order valence-electron chi connectivity index (χ0n) is 10.4. The lowest BCUT2D eigenvalue weighted by molar-refractivity contribution is 0.387. The van der Waals surface area contributed by atoms with Crippen LogP contribution in [0.25, 0.3) is 0 Å². The van der Waals surface area contributed by atoms with E-state index in [0.29, 0.717) is 12.0 Å². The Bertz CT molecular complexity index is 291. The van der Waals surface area contributed by atoms with Gasteiger partial charge in [-0.25, -0.2) is 0 Å². The number of hydrogen-bond donors (Lipinski definition) is 1. The molecule has 0 spiro atoms. The molecule has 0 bridgehead atoms. The van der Waals surface area contributed by atoms with E-state index in [1.165, 1.54) is 17.5 Å². The van der Waals surface area contributed by atoms with Crippen LogP contribution in [-0.2, 0) is 6.54 Å². The van der Waals surface area contributed by atoms with Gasteiger partial charge in [-0.2, -0.15) is 0 Å². The fourth-order valence-electron chi connectivity index (χ4n) is 1.92. The van der Waals surface area contributed by atoms with E-state index in [9.17, 15) is 0 Å². The summed E-state index contributed by atoms with van der Waals surface area (Å²) >= 11 is 0. The molecule has 0 heterocycles. The second-order valence-corrected chi connectivity index (χ2v) is 4.63. The van der Waals surface area contributed by atoms with E-state index >= 15 is 0 Å². The van der Waals surface area contributed by atoms with Crippen LogP contribution in [-0.4, -0.2) is 6.04 Å². The molecule has 1 heteroatoms. The normalized spacial score (nSPS) is 13.1. The molecule has 0 aliphatic heterocycles. The molecule has 0 aliphatic carbocycles. The third-order valence-electron chi connectivity index (χ3n) is 2.90. The number of nitrogens with one attached hydrogen (secondary N) is 1. The molecule has 0 unspecified atom stereocenters. The topological polar surface area (TPSA) is 12.0 Å². The van der Waals surface area contributed by atoms with Crippen LogP contribution in [0.5, 0.6) is 0 Å². The van der Waals surface area contributed by atoms with E-state index in [0.717, 1.165) is 6.54 Å². The van der Waals surface area contributed by atoms with Gasteiger partial charge in [-0.05, 0) is 24.8 Å². The third-order valence-corrected chi connectivity index (χ3v) is 2.90. The van der Waals surface area contributed by atoms with Gasteiger partial charge in [0.2, 0.25) is 0 Å². The zero-order valence-corrected chi connectivity index (χ0v) is 10.4. The van der Waals surface area contributed by atoms with E-state index in [2.05, 4.69) is 57.3 Å². The van der Waals surface area contributed by atoms with Crippen LogP contribution in [0.15, 0.2) is 24.3 Å².